The Balaban J connectivity index is 1.71. The largest absolute Gasteiger partial charge is 0.486 e. The molecule has 132 valence electrons. The number of fused-ring (bicyclic) bond motifs is 1. The minimum atomic E-state index is -0.561. The lowest BCUT2D eigenvalue weighted by Crippen LogP contribution is -2.32. The fraction of sp³-hybridized carbons (Fsp3) is 0.350. The Morgan fingerprint density at radius 2 is 1.88 bits per heavy atom. The molecule has 3 rings (SSSR count). The Morgan fingerprint density at radius 3 is 2.64 bits per heavy atom. The molecule has 1 aliphatic heterocycles. The SMILES string of the molecule is CC[C@H](Oc1cc(C)ccc1C)C(=O)Nc1ccc2c(c1)OCCO2. The van der Waals surface area contributed by atoms with Gasteiger partial charge in [0.15, 0.2) is 17.6 Å². The maximum Gasteiger partial charge on any atom is 0.265 e. The van der Waals surface area contributed by atoms with E-state index >= 15 is 0 Å². The summed E-state index contributed by atoms with van der Waals surface area (Å²) in [7, 11) is 0. The van der Waals surface area contributed by atoms with E-state index in [4.69, 9.17) is 14.2 Å². The van der Waals surface area contributed by atoms with Crippen molar-refractivity contribution in [3.05, 3.63) is 47.5 Å². The van der Waals surface area contributed by atoms with Crippen molar-refractivity contribution in [2.24, 2.45) is 0 Å². The van der Waals surface area contributed by atoms with Gasteiger partial charge in [-0.1, -0.05) is 19.1 Å². The van der Waals surface area contributed by atoms with Crippen LogP contribution in [0.25, 0.3) is 0 Å². The minimum Gasteiger partial charge on any atom is -0.486 e. The molecule has 5 nitrogen and oxygen atoms in total. The van der Waals surface area contributed by atoms with Crippen LogP contribution >= 0.6 is 0 Å². The van der Waals surface area contributed by atoms with Gasteiger partial charge in [0.1, 0.15) is 19.0 Å². The summed E-state index contributed by atoms with van der Waals surface area (Å²) in [5, 5.41) is 2.90. The van der Waals surface area contributed by atoms with Gasteiger partial charge >= 0.3 is 0 Å². The highest BCUT2D eigenvalue weighted by atomic mass is 16.6. The van der Waals surface area contributed by atoms with Gasteiger partial charge in [0.25, 0.3) is 5.91 Å². The first-order valence-electron chi connectivity index (χ1n) is 8.51. The standard InChI is InChI=1S/C20H23NO4/c1-4-16(25-18-11-13(2)5-6-14(18)3)20(22)21-15-7-8-17-19(12-15)24-10-9-23-17/h5-8,11-12,16H,4,9-10H2,1-3H3,(H,21,22)/t16-/m0/s1. The van der Waals surface area contributed by atoms with Crippen LogP contribution in [0.1, 0.15) is 24.5 Å². The summed E-state index contributed by atoms with van der Waals surface area (Å²) in [5.74, 6) is 1.90. The molecule has 25 heavy (non-hydrogen) atoms. The van der Waals surface area contributed by atoms with Crippen molar-refractivity contribution in [2.75, 3.05) is 18.5 Å². The number of ether oxygens (including phenoxy) is 3. The first-order valence-corrected chi connectivity index (χ1v) is 8.51. The summed E-state index contributed by atoms with van der Waals surface area (Å²) in [6.07, 6.45) is 0.0118. The van der Waals surface area contributed by atoms with Gasteiger partial charge in [-0.3, -0.25) is 4.79 Å². The Morgan fingerprint density at radius 1 is 1.12 bits per heavy atom. The molecule has 2 aromatic carbocycles. The average Bonchev–Trinajstić information content (AvgIpc) is 2.62. The van der Waals surface area contributed by atoms with E-state index in [0.29, 0.717) is 36.8 Å². The number of carbonyl (C=O) groups excluding carboxylic acids is 1. The smallest absolute Gasteiger partial charge is 0.265 e. The second kappa shape index (κ2) is 7.47. The first kappa shape index (κ1) is 17.1. The molecule has 0 fully saturated rings. The summed E-state index contributed by atoms with van der Waals surface area (Å²) in [5.41, 5.74) is 2.77. The third-order valence-electron chi connectivity index (χ3n) is 4.09. The number of benzene rings is 2. The van der Waals surface area contributed by atoms with Gasteiger partial charge in [0, 0.05) is 11.8 Å². The summed E-state index contributed by atoms with van der Waals surface area (Å²) in [4.78, 5) is 12.6. The molecule has 0 aromatic heterocycles. The number of carbonyl (C=O) groups is 1. The number of hydrogen-bond donors (Lipinski definition) is 1. The van der Waals surface area contributed by atoms with Gasteiger partial charge in [-0.05, 0) is 49.6 Å². The molecule has 0 saturated carbocycles. The molecule has 0 bridgehead atoms. The number of hydrogen-bond acceptors (Lipinski definition) is 4. The lowest BCUT2D eigenvalue weighted by molar-refractivity contribution is -0.122. The second-order valence-corrected chi connectivity index (χ2v) is 6.13. The molecule has 0 spiro atoms. The molecule has 1 amide bonds. The summed E-state index contributed by atoms with van der Waals surface area (Å²) in [6, 6.07) is 11.4. The molecule has 0 aliphatic carbocycles. The van der Waals surface area contributed by atoms with E-state index in [2.05, 4.69) is 5.32 Å². The Labute approximate surface area is 147 Å². The number of amides is 1. The normalized spacial score (nSPS) is 13.9. The van der Waals surface area contributed by atoms with E-state index in [-0.39, 0.29) is 5.91 Å². The molecule has 0 unspecified atom stereocenters. The van der Waals surface area contributed by atoms with Gasteiger partial charge in [0.05, 0.1) is 0 Å². The predicted octanol–water partition coefficient (Wildman–Crippen LogP) is 3.87. The molecule has 0 saturated heterocycles. The maximum absolute atomic E-state index is 12.6. The maximum atomic E-state index is 12.6. The molecule has 1 N–H and O–H groups in total. The van der Waals surface area contributed by atoms with Gasteiger partial charge < -0.3 is 19.5 Å². The monoisotopic (exact) mass is 341 g/mol. The lowest BCUT2D eigenvalue weighted by Gasteiger charge is -2.21. The van der Waals surface area contributed by atoms with Crippen molar-refractivity contribution in [1.29, 1.82) is 0 Å². The van der Waals surface area contributed by atoms with E-state index in [1.165, 1.54) is 0 Å². The Hall–Kier alpha value is -2.69. The van der Waals surface area contributed by atoms with Crippen LogP contribution in [0, 0.1) is 13.8 Å². The fourth-order valence-electron chi connectivity index (χ4n) is 2.65. The van der Waals surface area contributed by atoms with Crippen molar-refractivity contribution < 1.29 is 19.0 Å². The topological polar surface area (TPSA) is 56.8 Å². The van der Waals surface area contributed by atoms with Crippen LogP contribution in [0.5, 0.6) is 17.2 Å². The van der Waals surface area contributed by atoms with Crippen molar-refractivity contribution in [3.63, 3.8) is 0 Å². The zero-order valence-corrected chi connectivity index (χ0v) is 14.8. The lowest BCUT2D eigenvalue weighted by atomic mass is 10.1. The van der Waals surface area contributed by atoms with Crippen LogP contribution in [-0.4, -0.2) is 25.2 Å². The van der Waals surface area contributed by atoms with Crippen LogP contribution in [0.15, 0.2) is 36.4 Å². The second-order valence-electron chi connectivity index (χ2n) is 6.13. The van der Waals surface area contributed by atoms with Crippen molar-refractivity contribution in [1.82, 2.24) is 0 Å². The van der Waals surface area contributed by atoms with Crippen LogP contribution in [-0.2, 0) is 4.79 Å². The number of rotatable bonds is 5. The van der Waals surface area contributed by atoms with E-state index < -0.39 is 6.10 Å². The molecular formula is C20H23NO4. The number of aryl methyl sites for hydroxylation is 2. The highest BCUT2D eigenvalue weighted by Gasteiger charge is 2.20. The van der Waals surface area contributed by atoms with Gasteiger partial charge in [-0.2, -0.15) is 0 Å². The van der Waals surface area contributed by atoms with Crippen LogP contribution in [0.3, 0.4) is 0 Å². The third-order valence-corrected chi connectivity index (χ3v) is 4.09. The molecular weight excluding hydrogens is 318 g/mol. The molecule has 1 aliphatic rings. The number of anilines is 1. The van der Waals surface area contributed by atoms with E-state index in [9.17, 15) is 4.79 Å². The molecule has 2 aromatic rings. The van der Waals surface area contributed by atoms with Crippen LogP contribution in [0.2, 0.25) is 0 Å². The molecule has 5 heteroatoms. The highest BCUT2D eigenvalue weighted by Crippen LogP contribution is 2.32. The molecule has 1 atom stereocenters. The summed E-state index contributed by atoms with van der Waals surface area (Å²) in [6.45, 7) is 6.96. The Kier molecular flexibility index (Phi) is 5.12. The van der Waals surface area contributed by atoms with Gasteiger partial charge in [0.2, 0.25) is 0 Å². The summed E-state index contributed by atoms with van der Waals surface area (Å²) < 4.78 is 17.0. The van der Waals surface area contributed by atoms with E-state index in [1.807, 2.05) is 39.0 Å². The zero-order chi connectivity index (χ0) is 17.8. The molecule has 0 radical (unpaired) electrons. The number of nitrogens with one attached hydrogen (secondary N) is 1. The van der Waals surface area contributed by atoms with Crippen LogP contribution in [0.4, 0.5) is 5.69 Å². The van der Waals surface area contributed by atoms with Crippen molar-refractivity contribution in [3.8, 4) is 17.2 Å². The van der Waals surface area contributed by atoms with E-state index in [0.717, 1.165) is 16.9 Å². The van der Waals surface area contributed by atoms with Gasteiger partial charge in [-0.15, -0.1) is 0 Å². The molecule has 1 heterocycles. The van der Waals surface area contributed by atoms with Crippen LogP contribution < -0.4 is 19.5 Å². The first-order chi connectivity index (χ1) is 12.1. The summed E-state index contributed by atoms with van der Waals surface area (Å²) >= 11 is 0. The Bertz CT molecular complexity index is 772. The quantitative estimate of drug-likeness (QED) is 0.897. The zero-order valence-electron chi connectivity index (χ0n) is 14.8. The van der Waals surface area contributed by atoms with Gasteiger partial charge in [-0.25, -0.2) is 0 Å². The third kappa shape index (κ3) is 4.05. The minimum absolute atomic E-state index is 0.180. The van der Waals surface area contributed by atoms with Crippen molar-refractivity contribution >= 4 is 11.6 Å². The fourth-order valence-corrected chi connectivity index (χ4v) is 2.65. The average molecular weight is 341 g/mol. The van der Waals surface area contributed by atoms with E-state index in [1.54, 1.807) is 18.2 Å². The predicted molar refractivity (Wildman–Crippen MR) is 96.7 cm³/mol. The van der Waals surface area contributed by atoms with Crippen molar-refractivity contribution in [2.45, 2.75) is 33.3 Å². The highest BCUT2D eigenvalue weighted by molar-refractivity contribution is 5.94.